The van der Waals surface area contributed by atoms with E-state index >= 15 is 0 Å². The van der Waals surface area contributed by atoms with Gasteiger partial charge in [0.15, 0.2) is 3.95 Å². The van der Waals surface area contributed by atoms with Crippen molar-refractivity contribution in [2.24, 2.45) is 0 Å². The molecule has 0 atom stereocenters. The minimum absolute atomic E-state index is 0.188. The summed E-state index contributed by atoms with van der Waals surface area (Å²) in [7, 11) is 0. The van der Waals surface area contributed by atoms with Crippen LogP contribution in [0.2, 0.25) is 0 Å². The lowest BCUT2D eigenvalue weighted by Crippen LogP contribution is -2.17. The van der Waals surface area contributed by atoms with Crippen molar-refractivity contribution in [1.29, 1.82) is 0 Å². The molecular formula is C17H12FNOS2. The van der Waals surface area contributed by atoms with Crippen molar-refractivity contribution in [3.05, 3.63) is 80.3 Å². The Balaban J connectivity index is 2.13. The zero-order valence-corrected chi connectivity index (χ0v) is 13.4. The SMILES string of the molecule is Cc1ccc(-n2c(=O)cc(-c3ccc(F)cc3)sc2=S)cc1. The van der Waals surface area contributed by atoms with Crippen LogP contribution in [0.3, 0.4) is 0 Å². The summed E-state index contributed by atoms with van der Waals surface area (Å²) in [5.74, 6) is -0.305. The highest BCUT2D eigenvalue weighted by Crippen LogP contribution is 2.24. The summed E-state index contributed by atoms with van der Waals surface area (Å²) in [6.45, 7) is 1.99. The molecule has 0 spiro atoms. The molecule has 0 bridgehead atoms. The third-order valence-electron chi connectivity index (χ3n) is 3.28. The minimum atomic E-state index is -0.305. The van der Waals surface area contributed by atoms with Gasteiger partial charge in [-0.05, 0) is 49.0 Å². The molecule has 5 heteroatoms. The van der Waals surface area contributed by atoms with E-state index in [0.29, 0.717) is 3.95 Å². The van der Waals surface area contributed by atoms with E-state index in [-0.39, 0.29) is 11.4 Å². The van der Waals surface area contributed by atoms with Crippen LogP contribution in [-0.4, -0.2) is 4.57 Å². The molecule has 0 aliphatic rings. The maximum atomic E-state index is 13.0. The Morgan fingerprint density at radius 3 is 2.27 bits per heavy atom. The van der Waals surface area contributed by atoms with Crippen molar-refractivity contribution < 1.29 is 4.39 Å². The Labute approximate surface area is 136 Å². The van der Waals surface area contributed by atoms with Crippen LogP contribution >= 0.6 is 23.6 Å². The standard InChI is InChI=1S/C17H12FNOS2/c1-11-2-8-14(9-3-11)19-16(20)10-15(22-17(19)21)12-4-6-13(18)7-5-12/h2-10H,1H3. The zero-order valence-electron chi connectivity index (χ0n) is 11.7. The number of halogens is 1. The van der Waals surface area contributed by atoms with Crippen molar-refractivity contribution in [2.45, 2.75) is 6.92 Å². The molecule has 1 heterocycles. The predicted octanol–water partition coefficient (Wildman–Crippen LogP) is 4.74. The fourth-order valence-corrected chi connectivity index (χ4v) is 3.47. The minimum Gasteiger partial charge on any atom is -0.269 e. The van der Waals surface area contributed by atoms with Crippen LogP contribution in [-0.2, 0) is 0 Å². The predicted molar refractivity (Wildman–Crippen MR) is 90.9 cm³/mol. The zero-order chi connectivity index (χ0) is 15.7. The lowest BCUT2D eigenvalue weighted by Gasteiger charge is -2.07. The second kappa shape index (κ2) is 5.94. The molecule has 0 radical (unpaired) electrons. The highest BCUT2D eigenvalue weighted by Gasteiger charge is 2.07. The molecule has 0 unspecified atom stereocenters. The number of hydrogen-bond donors (Lipinski definition) is 0. The molecule has 0 saturated carbocycles. The Hall–Kier alpha value is -2.11. The van der Waals surface area contributed by atoms with E-state index in [4.69, 9.17) is 12.2 Å². The van der Waals surface area contributed by atoms with Crippen molar-refractivity contribution in [2.75, 3.05) is 0 Å². The summed E-state index contributed by atoms with van der Waals surface area (Å²) in [5, 5.41) is 0. The Bertz CT molecular complexity index is 893. The fraction of sp³-hybridized carbons (Fsp3) is 0.0588. The highest BCUT2D eigenvalue weighted by molar-refractivity contribution is 7.73. The summed E-state index contributed by atoms with van der Waals surface area (Å²) in [6, 6.07) is 15.2. The van der Waals surface area contributed by atoms with Gasteiger partial charge in [0.25, 0.3) is 5.56 Å². The molecule has 3 rings (SSSR count). The van der Waals surface area contributed by atoms with E-state index in [9.17, 15) is 9.18 Å². The van der Waals surface area contributed by atoms with E-state index in [0.717, 1.165) is 21.7 Å². The molecule has 0 aliphatic heterocycles. The van der Waals surface area contributed by atoms with Crippen LogP contribution in [0.15, 0.2) is 59.4 Å². The Morgan fingerprint density at radius 2 is 1.68 bits per heavy atom. The summed E-state index contributed by atoms with van der Waals surface area (Å²) in [4.78, 5) is 13.1. The van der Waals surface area contributed by atoms with Gasteiger partial charge in [0.1, 0.15) is 5.82 Å². The maximum Gasteiger partial charge on any atom is 0.258 e. The molecule has 0 fully saturated rings. The van der Waals surface area contributed by atoms with Crippen molar-refractivity contribution in [3.63, 3.8) is 0 Å². The lowest BCUT2D eigenvalue weighted by atomic mass is 10.2. The molecule has 110 valence electrons. The molecule has 2 aromatic carbocycles. The monoisotopic (exact) mass is 329 g/mol. The third-order valence-corrected chi connectivity index (χ3v) is 4.64. The normalized spacial score (nSPS) is 10.6. The largest absolute Gasteiger partial charge is 0.269 e. The van der Waals surface area contributed by atoms with Gasteiger partial charge in [0.05, 0.1) is 5.69 Å². The maximum absolute atomic E-state index is 13.0. The average molecular weight is 329 g/mol. The van der Waals surface area contributed by atoms with E-state index < -0.39 is 0 Å². The number of aromatic nitrogens is 1. The van der Waals surface area contributed by atoms with E-state index in [1.165, 1.54) is 34.1 Å². The van der Waals surface area contributed by atoms with Gasteiger partial charge in [-0.3, -0.25) is 9.36 Å². The van der Waals surface area contributed by atoms with Crippen LogP contribution in [0.25, 0.3) is 16.1 Å². The molecule has 0 N–H and O–H groups in total. The van der Waals surface area contributed by atoms with Crippen LogP contribution in [0, 0.1) is 16.7 Å². The van der Waals surface area contributed by atoms with Gasteiger partial charge in [0.2, 0.25) is 0 Å². The van der Waals surface area contributed by atoms with Crippen LogP contribution in [0.4, 0.5) is 4.39 Å². The summed E-state index contributed by atoms with van der Waals surface area (Å²) in [5.41, 5.74) is 2.47. The van der Waals surface area contributed by atoms with Crippen molar-refractivity contribution >= 4 is 23.6 Å². The van der Waals surface area contributed by atoms with E-state index in [2.05, 4.69) is 0 Å². The molecule has 22 heavy (non-hydrogen) atoms. The Kier molecular flexibility index (Phi) is 4.00. The molecule has 2 nitrogen and oxygen atoms in total. The average Bonchev–Trinajstić information content (AvgIpc) is 2.49. The van der Waals surface area contributed by atoms with Crippen molar-refractivity contribution in [3.8, 4) is 16.1 Å². The van der Waals surface area contributed by atoms with E-state index in [1.54, 1.807) is 12.1 Å². The van der Waals surface area contributed by atoms with Gasteiger partial charge in [-0.25, -0.2) is 4.39 Å². The Morgan fingerprint density at radius 1 is 1.05 bits per heavy atom. The summed E-state index contributed by atoms with van der Waals surface area (Å²) >= 11 is 6.71. The van der Waals surface area contributed by atoms with Gasteiger partial charge in [-0.1, -0.05) is 29.8 Å². The van der Waals surface area contributed by atoms with Crippen LogP contribution < -0.4 is 5.56 Å². The number of aryl methyl sites for hydroxylation is 1. The van der Waals surface area contributed by atoms with Gasteiger partial charge < -0.3 is 0 Å². The first kappa shape index (κ1) is 14.8. The number of hydrogen-bond acceptors (Lipinski definition) is 3. The first-order valence-electron chi connectivity index (χ1n) is 6.65. The number of nitrogens with zero attached hydrogens (tertiary/aromatic N) is 1. The third kappa shape index (κ3) is 2.91. The quantitative estimate of drug-likeness (QED) is 0.633. The number of rotatable bonds is 2. The smallest absolute Gasteiger partial charge is 0.258 e. The van der Waals surface area contributed by atoms with Crippen molar-refractivity contribution in [1.82, 2.24) is 4.57 Å². The highest BCUT2D eigenvalue weighted by atomic mass is 32.1. The van der Waals surface area contributed by atoms with Gasteiger partial charge in [-0.2, -0.15) is 0 Å². The van der Waals surface area contributed by atoms with Crippen LogP contribution in [0.5, 0.6) is 0 Å². The first-order valence-corrected chi connectivity index (χ1v) is 7.87. The second-order valence-corrected chi connectivity index (χ2v) is 6.57. The molecular weight excluding hydrogens is 317 g/mol. The first-order chi connectivity index (χ1) is 10.5. The molecule has 0 amide bonds. The van der Waals surface area contributed by atoms with Crippen LogP contribution in [0.1, 0.15) is 5.56 Å². The van der Waals surface area contributed by atoms with Gasteiger partial charge in [0, 0.05) is 10.9 Å². The molecule has 1 aromatic heterocycles. The topological polar surface area (TPSA) is 22.0 Å². The van der Waals surface area contributed by atoms with E-state index in [1.807, 2.05) is 31.2 Å². The summed E-state index contributed by atoms with van der Waals surface area (Å²) in [6.07, 6.45) is 0. The van der Waals surface area contributed by atoms with Gasteiger partial charge >= 0.3 is 0 Å². The fourth-order valence-electron chi connectivity index (χ4n) is 2.12. The molecule has 0 saturated heterocycles. The van der Waals surface area contributed by atoms with Gasteiger partial charge in [-0.15, -0.1) is 11.3 Å². The summed E-state index contributed by atoms with van der Waals surface area (Å²) < 4.78 is 15.0. The second-order valence-electron chi connectivity index (χ2n) is 4.89. The molecule has 0 aliphatic carbocycles. The number of benzene rings is 2. The molecule has 3 aromatic rings. The lowest BCUT2D eigenvalue weighted by molar-refractivity contribution is 0.628.